The van der Waals surface area contributed by atoms with E-state index in [9.17, 15) is 4.79 Å². The Morgan fingerprint density at radius 2 is 2.14 bits per heavy atom. The zero-order chi connectivity index (χ0) is 14.9. The molecule has 1 aliphatic heterocycles. The summed E-state index contributed by atoms with van der Waals surface area (Å²) in [6, 6.07) is 0. The number of carbonyl (C=O) groups is 1. The normalized spacial score (nSPS) is 21.8. The molecule has 1 fully saturated rings. The zero-order valence-electron chi connectivity index (χ0n) is 13.1. The third-order valence-electron chi connectivity index (χ3n) is 5.03. The van der Waals surface area contributed by atoms with Crippen LogP contribution in [0.3, 0.4) is 0 Å². The second-order valence-electron chi connectivity index (χ2n) is 7.27. The van der Waals surface area contributed by atoms with Crippen molar-refractivity contribution < 1.29 is 4.79 Å². The fourth-order valence-electron chi connectivity index (χ4n) is 3.40. The van der Waals surface area contributed by atoms with Crippen molar-refractivity contribution in [3.63, 3.8) is 0 Å². The van der Waals surface area contributed by atoms with Crippen molar-refractivity contribution in [1.29, 1.82) is 0 Å². The summed E-state index contributed by atoms with van der Waals surface area (Å²) in [5, 5.41) is 13.6. The van der Waals surface area contributed by atoms with Gasteiger partial charge in [-0.15, -0.1) is 0 Å². The first-order valence-electron chi connectivity index (χ1n) is 8.10. The predicted molar refractivity (Wildman–Crippen MR) is 82.1 cm³/mol. The molecule has 0 aromatic carbocycles. The zero-order valence-corrected chi connectivity index (χ0v) is 13.1. The summed E-state index contributed by atoms with van der Waals surface area (Å²) in [4.78, 5) is 12.3. The molecule has 1 aliphatic carbocycles. The van der Waals surface area contributed by atoms with Gasteiger partial charge in [-0.1, -0.05) is 13.8 Å². The van der Waals surface area contributed by atoms with E-state index in [4.69, 9.17) is 0 Å². The number of aromatic nitrogens is 2. The minimum atomic E-state index is -0.0268. The topological polar surface area (TPSA) is 69.8 Å². The summed E-state index contributed by atoms with van der Waals surface area (Å²) in [7, 11) is 0. The Morgan fingerprint density at radius 1 is 1.38 bits per heavy atom. The maximum atomic E-state index is 12.3. The van der Waals surface area contributed by atoms with E-state index in [0.29, 0.717) is 17.0 Å². The number of hydrogen-bond donors (Lipinski definition) is 3. The van der Waals surface area contributed by atoms with E-state index >= 15 is 0 Å². The first-order valence-corrected chi connectivity index (χ1v) is 8.10. The summed E-state index contributed by atoms with van der Waals surface area (Å²) >= 11 is 0. The number of amides is 1. The molecule has 1 saturated carbocycles. The molecule has 1 aromatic rings. The van der Waals surface area contributed by atoms with E-state index in [1.165, 1.54) is 25.7 Å². The molecule has 0 radical (unpaired) electrons. The van der Waals surface area contributed by atoms with Crippen LogP contribution in [0.1, 0.15) is 61.3 Å². The van der Waals surface area contributed by atoms with Gasteiger partial charge >= 0.3 is 0 Å². The fraction of sp³-hybridized carbons (Fsp3) is 0.750. The summed E-state index contributed by atoms with van der Waals surface area (Å²) in [6.07, 6.45) is 5.87. The summed E-state index contributed by atoms with van der Waals surface area (Å²) in [6.45, 7) is 7.15. The highest BCUT2D eigenvalue weighted by atomic mass is 16.1. The maximum absolute atomic E-state index is 12.3. The molecule has 3 N–H and O–H groups in total. The van der Waals surface area contributed by atoms with Crippen LogP contribution in [-0.2, 0) is 13.0 Å². The molecule has 0 unspecified atom stereocenters. The average Bonchev–Trinajstić information content (AvgIpc) is 2.90. The number of nitrogens with one attached hydrogen (secondary N) is 3. The van der Waals surface area contributed by atoms with Gasteiger partial charge in [0.25, 0.3) is 5.91 Å². The quantitative estimate of drug-likeness (QED) is 0.797. The van der Waals surface area contributed by atoms with E-state index in [0.717, 1.165) is 37.3 Å². The molecule has 21 heavy (non-hydrogen) atoms. The minimum absolute atomic E-state index is 0.0268. The Kier molecular flexibility index (Phi) is 4.02. The number of aromatic amines is 1. The fourth-order valence-corrected chi connectivity index (χ4v) is 3.40. The molecule has 5 nitrogen and oxygen atoms in total. The van der Waals surface area contributed by atoms with Crippen LogP contribution in [0.2, 0.25) is 0 Å². The van der Waals surface area contributed by atoms with Crippen LogP contribution in [0.5, 0.6) is 0 Å². The predicted octanol–water partition coefficient (Wildman–Crippen LogP) is 2.00. The van der Waals surface area contributed by atoms with Crippen LogP contribution >= 0.6 is 0 Å². The summed E-state index contributed by atoms with van der Waals surface area (Å²) in [5.74, 6) is 0.593. The molecule has 0 saturated heterocycles. The van der Waals surface area contributed by atoms with Gasteiger partial charge in [-0.25, -0.2) is 0 Å². The average molecular weight is 290 g/mol. The van der Waals surface area contributed by atoms with Crippen LogP contribution in [0.15, 0.2) is 0 Å². The van der Waals surface area contributed by atoms with Crippen LogP contribution in [-0.4, -0.2) is 29.2 Å². The first-order chi connectivity index (χ1) is 10.1. The number of hydrogen-bond acceptors (Lipinski definition) is 3. The largest absolute Gasteiger partial charge is 0.350 e. The van der Waals surface area contributed by atoms with Gasteiger partial charge in [0.1, 0.15) is 0 Å². The second-order valence-corrected chi connectivity index (χ2v) is 7.27. The number of rotatable bonds is 3. The SMILES string of the molecule is CC1(C)CCC(CNC(=O)c2n[nH]c3c2CNCC3)CC1. The molecule has 2 aliphatic rings. The molecule has 116 valence electrons. The molecule has 5 heteroatoms. The van der Waals surface area contributed by atoms with Crippen molar-refractivity contribution in [2.75, 3.05) is 13.1 Å². The van der Waals surface area contributed by atoms with Gasteiger partial charge in [-0.3, -0.25) is 9.89 Å². The molecular formula is C16H26N4O. The van der Waals surface area contributed by atoms with Gasteiger partial charge in [-0.2, -0.15) is 5.10 Å². The lowest BCUT2D eigenvalue weighted by Crippen LogP contribution is -2.34. The Hall–Kier alpha value is -1.36. The van der Waals surface area contributed by atoms with Gasteiger partial charge in [0.05, 0.1) is 0 Å². The minimum Gasteiger partial charge on any atom is -0.350 e. The molecule has 1 amide bonds. The number of fused-ring (bicyclic) bond motifs is 1. The molecule has 1 aromatic heterocycles. The van der Waals surface area contributed by atoms with E-state index in [-0.39, 0.29) is 5.91 Å². The molecule has 0 bridgehead atoms. The second kappa shape index (κ2) is 5.79. The van der Waals surface area contributed by atoms with E-state index in [1.54, 1.807) is 0 Å². The number of H-pyrrole nitrogens is 1. The Labute approximate surface area is 126 Å². The first kappa shape index (κ1) is 14.6. The van der Waals surface area contributed by atoms with Gasteiger partial charge in [0.15, 0.2) is 5.69 Å². The molecule has 0 atom stereocenters. The molecule has 2 heterocycles. The van der Waals surface area contributed by atoms with Crippen molar-refractivity contribution in [2.45, 2.75) is 52.5 Å². The molecule has 0 spiro atoms. The summed E-state index contributed by atoms with van der Waals surface area (Å²) in [5.41, 5.74) is 3.21. The summed E-state index contributed by atoms with van der Waals surface area (Å²) < 4.78 is 0. The molecular weight excluding hydrogens is 264 g/mol. The monoisotopic (exact) mass is 290 g/mol. The van der Waals surface area contributed by atoms with Gasteiger partial charge in [0.2, 0.25) is 0 Å². The third-order valence-corrected chi connectivity index (χ3v) is 5.03. The van der Waals surface area contributed by atoms with Crippen molar-refractivity contribution in [1.82, 2.24) is 20.8 Å². The van der Waals surface area contributed by atoms with Crippen molar-refractivity contribution in [3.05, 3.63) is 17.0 Å². The lowest BCUT2D eigenvalue weighted by atomic mass is 9.73. The Balaban J connectivity index is 1.54. The maximum Gasteiger partial charge on any atom is 0.272 e. The number of carbonyl (C=O) groups excluding carboxylic acids is 1. The van der Waals surface area contributed by atoms with Crippen LogP contribution in [0.4, 0.5) is 0 Å². The smallest absolute Gasteiger partial charge is 0.272 e. The van der Waals surface area contributed by atoms with E-state index in [2.05, 4.69) is 34.7 Å². The van der Waals surface area contributed by atoms with Crippen LogP contribution in [0.25, 0.3) is 0 Å². The van der Waals surface area contributed by atoms with Gasteiger partial charge in [-0.05, 0) is 37.0 Å². The van der Waals surface area contributed by atoms with Crippen molar-refractivity contribution >= 4 is 5.91 Å². The highest BCUT2D eigenvalue weighted by Crippen LogP contribution is 2.37. The standard InChI is InChI=1S/C16H26N4O/c1-16(2)6-3-11(4-7-16)9-18-15(21)14-12-10-17-8-5-13(12)19-20-14/h11,17H,3-10H2,1-2H3,(H,18,21)(H,19,20). The lowest BCUT2D eigenvalue weighted by Gasteiger charge is -2.34. The van der Waals surface area contributed by atoms with E-state index < -0.39 is 0 Å². The van der Waals surface area contributed by atoms with Crippen LogP contribution < -0.4 is 10.6 Å². The highest BCUT2D eigenvalue weighted by molar-refractivity contribution is 5.94. The Morgan fingerprint density at radius 3 is 2.90 bits per heavy atom. The van der Waals surface area contributed by atoms with Crippen molar-refractivity contribution in [3.8, 4) is 0 Å². The van der Waals surface area contributed by atoms with Gasteiger partial charge in [0, 0.05) is 37.3 Å². The van der Waals surface area contributed by atoms with Crippen molar-refractivity contribution in [2.24, 2.45) is 11.3 Å². The lowest BCUT2D eigenvalue weighted by molar-refractivity contribution is 0.0930. The van der Waals surface area contributed by atoms with Crippen LogP contribution in [0, 0.1) is 11.3 Å². The highest BCUT2D eigenvalue weighted by Gasteiger charge is 2.27. The number of nitrogens with zero attached hydrogens (tertiary/aromatic N) is 1. The van der Waals surface area contributed by atoms with E-state index in [1.807, 2.05) is 0 Å². The Bertz CT molecular complexity index is 510. The van der Waals surface area contributed by atoms with Gasteiger partial charge < -0.3 is 10.6 Å². The third kappa shape index (κ3) is 3.28. The molecule has 3 rings (SSSR count).